The van der Waals surface area contributed by atoms with Gasteiger partial charge in [0.1, 0.15) is 0 Å². The van der Waals surface area contributed by atoms with Crippen LogP contribution < -0.4 is 21.0 Å². The fourth-order valence-corrected chi connectivity index (χ4v) is 5.33. The highest BCUT2D eigenvalue weighted by molar-refractivity contribution is 5.91. The molecule has 0 spiro atoms. The van der Waals surface area contributed by atoms with Crippen molar-refractivity contribution >= 4 is 34.3 Å². The van der Waals surface area contributed by atoms with E-state index in [0.717, 1.165) is 60.0 Å². The number of aliphatic imine (C=N–C) groups is 1. The van der Waals surface area contributed by atoms with Crippen molar-refractivity contribution in [1.82, 2.24) is 18.9 Å². The maximum Gasteiger partial charge on any atom is 0.328 e. The average molecular weight is 522 g/mol. The smallest absolute Gasteiger partial charge is 0.328 e. The fourth-order valence-electron chi connectivity index (χ4n) is 5.33. The lowest BCUT2D eigenvalue weighted by atomic mass is 10.1. The van der Waals surface area contributed by atoms with Gasteiger partial charge in [0, 0.05) is 57.9 Å². The van der Waals surface area contributed by atoms with Gasteiger partial charge in [-0.05, 0) is 43.3 Å². The van der Waals surface area contributed by atoms with Crippen molar-refractivity contribution in [3.8, 4) is 5.69 Å². The minimum Gasteiger partial charge on any atom is -0.368 e. The molecule has 1 saturated heterocycles. The van der Waals surface area contributed by atoms with Crippen LogP contribution >= 0.6 is 0 Å². The summed E-state index contributed by atoms with van der Waals surface area (Å²) in [6.45, 7) is 5.24. The lowest BCUT2D eigenvalue weighted by Crippen LogP contribution is -2.46. The lowest BCUT2D eigenvalue weighted by molar-refractivity contribution is 0.654. The van der Waals surface area contributed by atoms with Crippen LogP contribution in [0.2, 0.25) is 0 Å². The molecule has 0 unspecified atom stereocenters. The molecule has 0 aliphatic carbocycles. The van der Waals surface area contributed by atoms with Crippen LogP contribution in [0.5, 0.6) is 0 Å². The number of benzene rings is 3. The van der Waals surface area contributed by atoms with Crippen molar-refractivity contribution in [1.29, 1.82) is 0 Å². The molecule has 1 aliphatic rings. The predicted molar refractivity (Wildman–Crippen MR) is 157 cm³/mol. The molecule has 0 saturated carbocycles. The van der Waals surface area contributed by atoms with Gasteiger partial charge in [0.25, 0.3) is 5.56 Å². The Kier molecular flexibility index (Phi) is 6.18. The number of hydrogen-bond donors (Lipinski definition) is 1. The second kappa shape index (κ2) is 9.83. The van der Waals surface area contributed by atoms with E-state index in [4.69, 9.17) is 4.99 Å². The second-order valence-electron chi connectivity index (χ2n) is 9.92. The minimum absolute atomic E-state index is 0.0850. The topological polar surface area (TPSA) is 83.6 Å². The maximum atomic E-state index is 13.3. The first-order valence-electron chi connectivity index (χ1n) is 13.1. The first-order valence-corrected chi connectivity index (χ1v) is 13.1. The summed E-state index contributed by atoms with van der Waals surface area (Å²) in [4.78, 5) is 35.5. The Labute approximate surface area is 225 Å². The monoisotopic (exact) mass is 521 g/mol. The molecule has 0 atom stereocenters. The first kappa shape index (κ1) is 24.5. The van der Waals surface area contributed by atoms with Crippen molar-refractivity contribution in [2.45, 2.75) is 6.92 Å². The van der Waals surface area contributed by atoms with Crippen LogP contribution in [0.3, 0.4) is 0 Å². The molecule has 9 nitrogen and oxygen atoms in total. The van der Waals surface area contributed by atoms with Crippen molar-refractivity contribution in [2.75, 3.05) is 36.0 Å². The number of piperazine rings is 1. The van der Waals surface area contributed by atoms with E-state index < -0.39 is 0 Å². The third-order valence-corrected chi connectivity index (χ3v) is 7.57. The van der Waals surface area contributed by atoms with Gasteiger partial charge in [0.15, 0.2) is 0 Å². The first-order chi connectivity index (χ1) is 18.9. The minimum atomic E-state index is -0.159. The molecule has 3 heterocycles. The summed E-state index contributed by atoms with van der Waals surface area (Å²) in [5, 5.41) is 3.16. The summed E-state index contributed by atoms with van der Waals surface area (Å²) in [5.41, 5.74) is 6.30. The Morgan fingerprint density at radius 3 is 1.97 bits per heavy atom. The summed E-state index contributed by atoms with van der Waals surface area (Å²) in [6, 6.07) is 23.9. The Morgan fingerprint density at radius 2 is 1.33 bits per heavy atom. The van der Waals surface area contributed by atoms with Crippen molar-refractivity contribution in [3.05, 3.63) is 105 Å². The number of nitrogens with one attached hydrogen (secondary N) is 1. The molecule has 2 aromatic heterocycles. The molecule has 1 N–H and O–H groups in total. The van der Waals surface area contributed by atoms with E-state index >= 15 is 0 Å². The van der Waals surface area contributed by atoms with Crippen molar-refractivity contribution in [2.24, 2.45) is 19.1 Å². The van der Waals surface area contributed by atoms with Gasteiger partial charge in [0.05, 0.1) is 33.7 Å². The molecule has 1 fully saturated rings. The van der Waals surface area contributed by atoms with Gasteiger partial charge in [-0.15, -0.1) is 0 Å². The number of H-pyrrole nitrogens is 1. The molecule has 198 valence electrons. The average Bonchev–Trinajstić information content (AvgIpc) is 3.38. The fraction of sp³-hybridized carbons (Fsp3) is 0.233. The van der Waals surface area contributed by atoms with Crippen LogP contribution in [0, 0.1) is 6.92 Å². The normalized spacial score (nSPS) is 14.1. The van der Waals surface area contributed by atoms with Crippen LogP contribution in [-0.2, 0) is 14.1 Å². The van der Waals surface area contributed by atoms with Crippen molar-refractivity contribution < 1.29 is 0 Å². The number of aromatic nitrogens is 4. The maximum absolute atomic E-state index is 13.3. The summed E-state index contributed by atoms with van der Waals surface area (Å²) >= 11 is 0. The SMILES string of the molecule is Cc1[nH]n(-c2ccccc2)c(=O)c1C=Nc1cc2c(cc1N1CCN(c3ccccc3)CC1)n(C)c(=O)n2C. The molecule has 6 rings (SSSR count). The predicted octanol–water partition coefficient (Wildman–Crippen LogP) is 3.74. The largest absolute Gasteiger partial charge is 0.368 e. The number of aryl methyl sites for hydroxylation is 3. The van der Waals surface area contributed by atoms with Crippen LogP contribution in [-0.4, -0.2) is 51.3 Å². The van der Waals surface area contributed by atoms with E-state index in [2.05, 4.69) is 39.2 Å². The van der Waals surface area contributed by atoms with Gasteiger partial charge in [0.2, 0.25) is 0 Å². The quantitative estimate of drug-likeness (QED) is 0.357. The summed E-state index contributed by atoms with van der Waals surface area (Å²) in [6.07, 6.45) is 1.64. The zero-order valence-electron chi connectivity index (χ0n) is 22.3. The van der Waals surface area contributed by atoms with Gasteiger partial charge >= 0.3 is 5.69 Å². The van der Waals surface area contributed by atoms with Crippen LogP contribution in [0.1, 0.15) is 11.3 Å². The van der Waals surface area contributed by atoms with Crippen LogP contribution in [0.25, 0.3) is 16.7 Å². The number of nitrogens with zero attached hydrogens (tertiary/aromatic N) is 6. The third kappa shape index (κ3) is 4.35. The number of anilines is 2. The molecule has 0 amide bonds. The number of para-hydroxylation sites is 2. The van der Waals surface area contributed by atoms with E-state index in [-0.39, 0.29) is 11.2 Å². The molecule has 0 radical (unpaired) electrons. The number of rotatable bonds is 5. The molecular weight excluding hydrogens is 490 g/mol. The Bertz CT molecular complexity index is 1780. The van der Waals surface area contributed by atoms with E-state index in [9.17, 15) is 9.59 Å². The van der Waals surface area contributed by atoms with E-state index in [1.165, 1.54) is 10.4 Å². The summed E-state index contributed by atoms with van der Waals surface area (Å²) in [5.74, 6) is 0. The zero-order valence-corrected chi connectivity index (χ0v) is 22.3. The van der Waals surface area contributed by atoms with Gasteiger partial charge in [-0.1, -0.05) is 36.4 Å². The number of imidazole rings is 1. The second-order valence-corrected chi connectivity index (χ2v) is 9.92. The highest BCUT2D eigenvalue weighted by Gasteiger charge is 2.22. The Morgan fingerprint density at radius 1 is 0.769 bits per heavy atom. The standard InChI is InChI=1S/C30H31N7O2/c1-21-24(29(38)37(32-21)23-12-8-5-9-13-23)20-31-25-18-27-28(34(3)30(39)33(27)2)19-26(25)36-16-14-35(15-17-36)22-10-6-4-7-11-22/h4-13,18-20,32H,14-17H2,1-3H3. The van der Waals surface area contributed by atoms with E-state index in [0.29, 0.717) is 5.56 Å². The van der Waals surface area contributed by atoms with Crippen LogP contribution in [0.15, 0.2) is 87.4 Å². The number of hydrogen-bond acceptors (Lipinski definition) is 5. The molecule has 9 heteroatoms. The third-order valence-electron chi connectivity index (χ3n) is 7.57. The van der Waals surface area contributed by atoms with E-state index in [1.807, 2.05) is 55.5 Å². The van der Waals surface area contributed by atoms with E-state index in [1.54, 1.807) is 29.4 Å². The highest BCUT2D eigenvalue weighted by atomic mass is 16.1. The highest BCUT2D eigenvalue weighted by Crippen LogP contribution is 2.34. The Hall–Kier alpha value is -4.79. The molecule has 39 heavy (non-hydrogen) atoms. The molecule has 5 aromatic rings. The molecule has 1 aliphatic heterocycles. The van der Waals surface area contributed by atoms with Gasteiger partial charge in [-0.25, -0.2) is 9.48 Å². The van der Waals surface area contributed by atoms with Gasteiger partial charge in [-0.2, -0.15) is 0 Å². The summed E-state index contributed by atoms with van der Waals surface area (Å²) < 4.78 is 4.83. The Balaban J connectivity index is 1.39. The lowest BCUT2D eigenvalue weighted by Gasteiger charge is -2.37. The number of aromatic amines is 1. The molecule has 0 bridgehead atoms. The van der Waals surface area contributed by atoms with Gasteiger partial charge in [-0.3, -0.25) is 24.0 Å². The molecular formula is C30H31N7O2. The van der Waals surface area contributed by atoms with Crippen LogP contribution in [0.4, 0.5) is 17.1 Å². The summed E-state index contributed by atoms with van der Waals surface area (Å²) in [7, 11) is 3.56. The zero-order chi connectivity index (χ0) is 27.1. The molecule has 3 aromatic carbocycles. The number of fused-ring (bicyclic) bond motifs is 1. The van der Waals surface area contributed by atoms with Crippen molar-refractivity contribution in [3.63, 3.8) is 0 Å². The van der Waals surface area contributed by atoms with Gasteiger partial charge < -0.3 is 9.80 Å².